The third-order valence-electron chi connectivity index (χ3n) is 4.62. The molecule has 21 heavy (non-hydrogen) atoms. The first-order valence-corrected chi connectivity index (χ1v) is 8.04. The molecular weight excluding hydrogens is 264 g/mol. The lowest BCUT2D eigenvalue weighted by molar-refractivity contribution is 0.0913. The number of amides is 1. The van der Waals surface area contributed by atoms with Crippen molar-refractivity contribution in [3.05, 3.63) is 29.7 Å². The number of allylic oxidation sites excluding steroid dienone is 2. The molecule has 0 aliphatic heterocycles. The second kappa shape index (κ2) is 6.04. The first-order chi connectivity index (χ1) is 10.1. The normalized spacial score (nSPS) is 26.7. The van der Waals surface area contributed by atoms with Gasteiger partial charge in [-0.2, -0.15) is 0 Å². The third-order valence-corrected chi connectivity index (χ3v) is 4.62. The number of rotatable bonds is 6. The molecule has 114 valence electrons. The smallest absolute Gasteiger partial charge is 0.289 e. The molecule has 2 aliphatic carbocycles. The van der Waals surface area contributed by atoms with Crippen molar-refractivity contribution in [2.24, 2.45) is 23.7 Å². The van der Waals surface area contributed by atoms with E-state index in [9.17, 15) is 4.79 Å². The standard InChI is InChI=1S/C17H24N2O2/c1-11(2)7-15-10-16(21-19-15)17(20)18-6-5-14-9-12-3-4-13(14)8-12/h3-4,10-14H,5-9H2,1-2H3,(H,18,20)/t12-,13+,14-/m1/s1. The minimum Gasteiger partial charge on any atom is -0.351 e. The zero-order valence-corrected chi connectivity index (χ0v) is 12.8. The van der Waals surface area contributed by atoms with Gasteiger partial charge < -0.3 is 9.84 Å². The van der Waals surface area contributed by atoms with Crippen LogP contribution in [0.3, 0.4) is 0 Å². The van der Waals surface area contributed by atoms with Gasteiger partial charge in [0, 0.05) is 12.6 Å². The van der Waals surface area contributed by atoms with Crippen molar-refractivity contribution in [1.29, 1.82) is 0 Å². The van der Waals surface area contributed by atoms with Crippen LogP contribution in [0.1, 0.15) is 49.4 Å². The van der Waals surface area contributed by atoms with Crippen LogP contribution in [0.5, 0.6) is 0 Å². The molecule has 1 saturated carbocycles. The molecule has 0 radical (unpaired) electrons. The molecule has 2 aliphatic rings. The highest BCUT2D eigenvalue weighted by Gasteiger charge is 2.34. The van der Waals surface area contributed by atoms with E-state index in [2.05, 4.69) is 36.5 Å². The molecule has 3 atom stereocenters. The summed E-state index contributed by atoms with van der Waals surface area (Å²) in [5, 5.41) is 6.90. The molecule has 4 nitrogen and oxygen atoms in total. The van der Waals surface area contributed by atoms with E-state index in [1.54, 1.807) is 6.07 Å². The van der Waals surface area contributed by atoms with Gasteiger partial charge in [-0.1, -0.05) is 31.2 Å². The fourth-order valence-electron chi connectivity index (χ4n) is 3.62. The fraction of sp³-hybridized carbons (Fsp3) is 0.647. The van der Waals surface area contributed by atoms with E-state index in [1.807, 2.05) is 0 Å². The van der Waals surface area contributed by atoms with Crippen LogP contribution in [0.2, 0.25) is 0 Å². The quantitative estimate of drug-likeness (QED) is 0.818. The highest BCUT2D eigenvalue weighted by molar-refractivity contribution is 5.91. The highest BCUT2D eigenvalue weighted by Crippen LogP contribution is 2.44. The van der Waals surface area contributed by atoms with Crippen molar-refractivity contribution in [2.75, 3.05) is 6.54 Å². The van der Waals surface area contributed by atoms with Gasteiger partial charge in [0.05, 0.1) is 5.69 Å². The molecule has 0 aromatic carbocycles. The molecular formula is C17H24N2O2. The summed E-state index contributed by atoms with van der Waals surface area (Å²) in [6.07, 6.45) is 9.22. The maximum Gasteiger partial charge on any atom is 0.289 e. The minimum absolute atomic E-state index is 0.142. The van der Waals surface area contributed by atoms with E-state index in [4.69, 9.17) is 4.52 Å². The number of hydrogen-bond acceptors (Lipinski definition) is 3. The van der Waals surface area contributed by atoms with E-state index < -0.39 is 0 Å². The number of aromatic nitrogens is 1. The number of nitrogens with zero attached hydrogens (tertiary/aromatic N) is 1. The summed E-state index contributed by atoms with van der Waals surface area (Å²) in [6.45, 7) is 4.97. The van der Waals surface area contributed by atoms with Gasteiger partial charge >= 0.3 is 0 Å². The SMILES string of the molecule is CC(C)Cc1cc(C(=O)NCC[C@@H]2C[C@@H]3C=C[C@H]2C3)on1. The van der Waals surface area contributed by atoms with Crippen molar-refractivity contribution in [2.45, 2.75) is 39.5 Å². The zero-order valence-electron chi connectivity index (χ0n) is 12.8. The lowest BCUT2D eigenvalue weighted by atomic mass is 9.91. The molecule has 1 aromatic rings. The Balaban J connectivity index is 1.44. The predicted octanol–water partition coefficient (Wildman–Crippen LogP) is 3.21. The van der Waals surface area contributed by atoms with Crippen molar-refractivity contribution in [3.8, 4) is 0 Å². The van der Waals surface area contributed by atoms with Crippen molar-refractivity contribution in [3.63, 3.8) is 0 Å². The summed E-state index contributed by atoms with van der Waals surface area (Å²) in [5.41, 5.74) is 0.855. The van der Waals surface area contributed by atoms with Gasteiger partial charge in [-0.3, -0.25) is 4.79 Å². The van der Waals surface area contributed by atoms with Crippen LogP contribution >= 0.6 is 0 Å². The van der Waals surface area contributed by atoms with Gasteiger partial charge in [0.25, 0.3) is 5.91 Å². The van der Waals surface area contributed by atoms with Gasteiger partial charge in [0.1, 0.15) is 0 Å². The number of carbonyl (C=O) groups is 1. The van der Waals surface area contributed by atoms with E-state index >= 15 is 0 Å². The average molecular weight is 288 g/mol. The molecule has 3 rings (SSSR count). The highest BCUT2D eigenvalue weighted by atomic mass is 16.5. The van der Waals surface area contributed by atoms with Crippen LogP contribution < -0.4 is 5.32 Å². The zero-order chi connectivity index (χ0) is 14.8. The van der Waals surface area contributed by atoms with Crippen LogP contribution in [0.25, 0.3) is 0 Å². The summed E-state index contributed by atoms with van der Waals surface area (Å²) >= 11 is 0. The van der Waals surface area contributed by atoms with Crippen molar-refractivity contribution < 1.29 is 9.32 Å². The Morgan fingerprint density at radius 2 is 2.29 bits per heavy atom. The Kier molecular flexibility index (Phi) is 4.13. The summed E-state index contributed by atoms with van der Waals surface area (Å²) in [4.78, 5) is 12.0. The molecule has 1 amide bonds. The number of nitrogens with one attached hydrogen (secondary N) is 1. The van der Waals surface area contributed by atoms with Crippen LogP contribution in [0.15, 0.2) is 22.7 Å². The van der Waals surface area contributed by atoms with Gasteiger partial charge in [-0.25, -0.2) is 0 Å². The second-order valence-corrected chi connectivity index (χ2v) is 6.87. The number of hydrogen-bond donors (Lipinski definition) is 1. The molecule has 1 N–H and O–H groups in total. The van der Waals surface area contributed by atoms with Gasteiger partial charge in [0.2, 0.25) is 5.76 Å². The second-order valence-electron chi connectivity index (χ2n) is 6.87. The van der Waals surface area contributed by atoms with Crippen LogP contribution in [-0.4, -0.2) is 17.6 Å². The summed E-state index contributed by atoms with van der Waals surface area (Å²) < 4.78 is 5.13. The topological polar surface area (TPSA) is 55.1 Å². The minimum atomic E-state index is -0.142. The lowest BCUT2D eigenvalue weighted by Crippen LogP contribution is -2.26. The van der Waals surface area contributed by atoms with E-state index in [-0.39, 0.29) is 5.91 Å². The number of carbonyl (C=O) groups excluding carboxylic acids is 1. The Labute approximate surface area is 126 Å². The van der Waals surface area contributed by atoms with Gasteiger partial charge in [-0.05, 0) is 49.4 Å². The van der Waals surface area contributed by atoms with Crippen molar-refractivity contribution in [1.82, 2.24) is 10.5 Å². The predicted molar refractivity (Wildman–Crippen MR) is 80.8 cm³/mol. The summed E-state index contributed by atoms with van der Waals surface area (Å²) in [5.74, 6) is 2.98. The molecule has 4 heteroatoms. The maximum absolute atomic E-state index is 12.0. The molecule has 1 fully saturated rings. The Bertz CT molecular complexity index is 533. The third kappa shape index (κ3) is 3.36. The first-order valence-electron chi connectivity index (χ1n) is 8.04. The average Bonchev–Trinajstić information content (AvgIpc) is 3.13. The van der Waals surface area contributed by atoms with E-state index in [0.29, 0.717) is 11.7 Å². The van der Waals surface area contributed by atoms with Gasteiger partial charge in [-0.15, -0.1) is 0 Å². The molecule has 2 bridgehead atoms. The van der Waals surface area contributed by atoms with Crippen molar-refractivity contribution >= 4 is 5.91 Å². The monoisotopic (exact) mass is 288 g/mol. The summed E-state index contributed by atoms with van der Waals surface area (Å²) in [7, 11) is 0. The maximum atomic E-state index is 12.0. The molecule has 0 unspecified atom stereocenters. The largest absolute Gasteiger partial charge is 0.351 e. The molecule has 1 aromatic heterocycles. The molecule has 0 spiro atoms. The van der Waals surface area contributed by atoms with Gasteiger partial charge in [0.15, 0.2) is 0 Å². The Morgan fingerprint density at radius 3 is 2.95 bits per heavy atom. The van der Waals surface area contributed by atoms with Crippen LogP contribution in [0, 0.1) is 23.7 Å². The Morgan fingerprint density at radius 1 is 1.43 bits per heavy atom. The van der Waals surface area contributed by atoms with Crippen LogP contribution in [0.4, 0.5) is 0 Å². The van der Waals surface area contributed by atoms with Crippen LogP contribution in [-0.2, 0) is 6.42 Å². The fourth-order valence-corrected chi connectivity index (χ4v) is 3.62. The van der Waals surface area contributed by atoms with E-state index in [1.165, 1.54) is 12.8 Å². The van der Waals surface area contributed by atoms with E-state index in [0.717, 1.165) is 42.8 Å². The first kappa shape index (κ1) is 14.4. The molecule has 1 heterocycles. The number of fused-ring (bicyclic) bond motifs is 2. The molecule has 0 saturated heterocycles. The summed E-state index contributed by atoms with van der Waals surface area (Å²) in [6, 6.07) is 1.76. The lowest BCUT2D eigenvalue weighted by Gasteiger charge is -2.17. The Hall–Kier alpha value is -1.58.